The predicted molar refractivity (Wildman–Crippen MR) is 92.8 cm³/mol. The van der Waals surface area contributed by atoms with Crippen LogP contribution in [0.15, 0.2) is 12.4 Å². The molecule has 0 aliphatic heterocycles. The molecule has 2 amide bonds. The zero-order chi connectivity index (χ0) is 16.4. The second-order valence-electron chi connectivity index (χ2n) is 7.19. The first-order chi connectivity index (χ1) is 11.8. The zero-order valence-corrected chi connectivity index (χ0v) is 14.0. The van der Waals surface area contributed by atoms with Crippen LogP contribution in [0.5, 0.6) is 0 Å². The van der Waals surface area contributed by atoms with Crippen LogP contribution in [0.3, 0.4) is 0 Å². The number of nitrogens with one attached hydrogen (secondary N) is 3. The summed E-state index contributed by atoms with van der Waals surface area (Å²) in [6, 6.07) is 0.168. The fourth-order valence-electron chi connectivity index (χ4n) is 4.14. The van der Waals surface area contributed by atoms with Crippen LogP contribution in [0.1, 0.15) is 49.7 Å². The number of aromatic nitrogens is 3. The summed E-state index contributed by atoms with van der Waals surface area (Å²) < 4.78 is 0. The standard InChI is InChI=1S/C18H25N5O/c24-18(20-9-12-4-2-1-3-5-12)22-14-6-7-15-13(8-14)10-19-17-16(15)11-21-23-17/h10-12,14H,1-9H2,(H,19,21,23)(H2,20,22,24). The van der Waals surface area contributed by atoms with E-state index < -0.39 is 0 Å². The molecule has 24 heavy (non-hydrogen) atoms. The van der Waals surface area contributed by atoms with Gasteiger partial charge in [-0.15, -0.1) is 0 Å². The summed E-state index contributed by atoms with van der Waals surface area (Å²) in [6.07, 6.45) is 13.0. The quantitative estimate of drug-likeness (QED) is 0.810. The molecule has 0 aromatic carbocycles. The minimum absolute atomic E-state index is 0.0219. The second kappa shape index (κ2) is 6.79. The van der Waals surface area contributed by atoms with E-state index in [1.807, 2.05) is 12.4 Å². The van der Waals surface area contributed by atoms with Crippen LogP contribution in [0, 0.1) is 5.92 Å². The van der Waals surface area contributed by atoms with E-state index in [9.17, 15) is 4.79 Å². The molecular weight excluding hydrogens is 302 g/mol. The van der Waals surface area contributed by atoms with Gasteiger partial charge in [0.1, 0.15) is 0 Å². The Morgan fingerprint density at radius 3 is 2.96 bits per heavy atom. The Hall–Kier alpha value is -2.11. The zero-order valence-electron chi connectivity index (χ0n) is 14.0. The van der Waals surface area contributed by atoms with Gasteiger partial charge >= 0.3 is 6.03 Å². The van der Waals surface area contributed by atoms with Crippen molar-refractivity contribution in [2.45, 2.75) is 57.4 Å². The number of aryl methyl sites for hydroxylation is 1. The third-order valence-corrected chi connectivity index (χ3v) is 5.50. The van der Waals surface area contributed by atoms with Crippen molar-refractivity contribution in [3.63, 3.8) is 0 Å². The lowest BCUT2D eigenvalue weighted by molar-refractivity contribution is 0.231. The fraction of sp³-hybridized carbons (Fsp3) is 0.611. The van der Waals surface area contributed by atoms with E-state index in [0.29, 0.717) is 5.92 Å². The molecule has 2 aromatic rings. The minimum atomic E-state index is -0.0219. The van der Waals surface area contributed by atoms with Crippen molar-refractivity contribution in [2.24, 2.45) is 5.92 Å². The molecule has 2 aromatic heterocycles. The molecule has 0 bridgehead atoms. The monoisotopic (exact) mass is 327 g/mol. The molecule has 0 saturated heterocycles. The van der Waals surface area contributed by atoms with Gasteiger partial charge in [0.25, 0.3) is 0 Å². The molecule has 1 atom stereocenters. The van der Waals surface area contributed by atoms with Gasteiger partial charge in [0.2, 0.25) is 0 Å². The summed E-state index contributed by atoms with van der Waals surface area (Å²) in [6.45, 7) is 0.812. The van der Waals surface area contributed by atoms with E-state index in [0.717, 1.165) is 36.8 Å². The minimum Gasteiger partial charge on any atom is -0.338 e. The second-order valence-corrected chi connectivity index (χ2v) is 7.19. The van der Waals surface area contributed by atoms with E-state index in [2.05, 4.69) is 25.8 Å². The highest BCUT2D eigenvalue weighted by Crippen LogP contribution is 2.27. The number of H-pyrrole nitrogens is 1. The molecule has 1 unspecified atom stereocenters. The summed E-state index contributed by atoms with van der Waals surface area (Å²) in [5.41, 5.74) is 3.41. The third-order valence-electron chi connectivity index (χ3n) is 5.50. The number of carbonyl (C=O) groups is 1. The van der Waals surface area contributed by atoms with Crippen LogP contribution < -0.4 is 10.6 Å². The van der Waals surface area contributed by atoms with Crippen LogP contribution in [0.4, 0.5) is 4.79 Å². The van der Waals surface area contributed by atoms with Gasteiger partial charge in [-0.2, -0.15) is 5.10 Å². The van der Waals surface area contributed by atoms with Gasteiger partial charge < -0.3 is 10.6 Å². The van der Waals surface area contributed by atoms with Crippen LogP contribution in [-0.2, 0) is 12.8 Å². The molecule has 0 spiro atoms. The molecule has 2 aliphatic carbocycles. The summed E-state index contributed by atoms with van der Waals surface area (Å²) in [4.78, 5) is 16.6. The number of pyridine rings is 1. The van der Waals surface area contributed by atoms with Crippen molar-refractivity contribution >= 4 is 17.1 Å². The third kappa shape index (κ3) is 3.23. The first-order valence-corrected chi connectivity index (χ1v) is 9.14. The smallest absolute Gasteiger partial charge is 0.315 e. The average Bonchev–Trinajstić information content (AvgIpc) is 3.10. The Balaban J connectivity index is 1.32. The van der Waals surface area contributed by atoms with Crippen LogP contribution in [-0.4, -0.2) is 33.8 Å². The SMILES string of the molecule is O=C(NCC1CCCCC1)NC1CCc2c(cnc3[nH]ncc23)C1. The van der Waals surface area contributed by atoms with Gasteiger partial charge in [-0.25, -0.2) is 9.78 Å². The summed E-state index contributed by atoms with van der Waals surface area (Å²) in [5, 5.41) is 14.3. The van der Waals surface area contributed by atoms with Crippen LogP contribution >= 0.6 is 0 Å². The Kier molecular flexibility index (Phi) is 4.36. The maximum Gasteiger partial charge on any atom is 0.315 e. The van der Waals surface area contributed by atoms with Gasteiger partial charge in [0.15, 0.2) is 5.65 Å². The molecule has 1 fully saturated rings. The number of fused-ring (bicyclic) bond motifs is 3. The van der Waals surface area contributed by atoms with Gasteiger partial charge in [-0.1, -0.05) is 19.3 Å². The molecule has 2 aliphatic rings. The number of amides is 2. The molecule has 6 nitrogen and oxygen atoms in total. The lowest BCUT2D eigenvalue weighted by atomic mass is 9.88. The highest BCUT2D eigenvalue weighted by molar-refractivity contribution is 5.79. The molecule has 4 rings (SSSR count). The number of rotatable bonds is 3. The van der Waals surface area contributed by atoms with Gasteiger partial charge in [-0.05, 0) is 49.1 Å². The number of hydrogen-bond acceptors (Lipinski definition) is 3. The molecular formula is C18H25N5O. The summed E-state index contributed by atoms with van der Waals surface area (Å²) in [5.74, 6) is 0.662. The first kappa shape index (κ1) is 15.4. The molecule has 1 saturated carbocycles. The van der Waals surface area contributed by atoms with E-state index in [-0.39, 0.29) is 12.1 Å². The van der Waals surface area contributed by atoms with Crippen molar-refractivity contribution < 1.29 is 4.79 Å². The van der Waals surface area contributed by atoms with E-state index in [1.165, 1.54) is 43.2 Å². The summed E-state index contributed by atoms with van der Waals surface area (Å²) >= 11 is 0. The Morgan fingerprint density at radius 1 is 1.21 bits per heavy atom. The molecule has 3 N–H and O–H groups in total. The van der Waals surface area contributed by atoms with Crippen LogP contribution in [0.25, 0.3) is 11.0 Å². The summed E-state index contributed by atoms with van der Waals surface area (Å²) in [7, 11) is 0. The Morgan fingerprint density at radius 2 is 2.08 bits per heavy atom. The molecule has 128 valence electrons. The number of hydrogen-bond donors (Lipinski definition) is 3. The normalized spacial score (nSPS) is 21.4. The van der Waals surface area contributed by atoms with Crippen molar-refractivity contribution in [2.75, 3.05) is 6.54 Å². The average molecular weight is 327 g/mol. The number of aromatic amines is 1. The fourth-order valence-corrected chi connectivity index (χ4v) is 4.14. The lowest BCUT2D eigenvalue weighted by Crippen LogP contribution is -2.45. The maximum absolute atomic E-state index is 12.2. The largest absolute Gasteiger partial charge is 0.338 e. The topological polar surface area (TPSA) is 82.7 Å². The number of urea groups is 1. The first-order valence-electron chi connectivity index (χ1n) is 9.14. The highest BCUT2D eigenvalue weighted by atomic mass is 16.2. The van der Waals surface area contributed by atoms with Gasteiger partial charge in [-0.3, -0.25) is 5.10 Å². The molecule has 6 heteroatoms. The Bertz CT molecular complexity index is 719. The molecule has 0 radical (unpaired) electrons. The lowest BCUT2D eigenvalue weighted by Gasteiger charge is -2.26. The highest BCUT2D eigenvalue weighted by Gasteiger charge is 2.23. The Labute approximate surface area is 141 Å². The van der Waals surface area contributed by atoms with Crippen molar-refractivity contribution in [3.8, 4) is 0 Å². The number of carbonyl (C=O) groups excluding carboxylic acids is 1. The van der Waals surface area contributed by atoms with Crippen molar-refractivity contribution in [1.29, 1.82) is 0 Å². The van der Waals surface area contributed by atoms with E-state index in [1.54, 1.807) is 0 Å². The predicted octanol–water partition coefficient (Wildman–Crippen LogP) is 2.69. The number of nitrogens with zero attached hydrogens (tertiary/aromatic N) is 2. The van der Waals surface area contributed by atoms with E-state index in [4.69, 9.17) is 0 Å². The van der Waals surface area contributed by atoms with E-state index >= 15 is 0 Å². The van der Waals surface area contributed by atoms with Gasteiger partial charge in [0, 0.05) is 24.2 Å². The van der Waals surface area contributed by atoms with Gasteiger partial charge in [0.05, 0.1) is 6.20 Å². The van der Waals surface area contributed by atoms with Crippen molar-refractivity contribution in [1.82, 2.24) is 25.8 Å². The van der Waals surface area contributed by atoms with Crippen molar-refractivity contribution in [3.05, 3.63) is 23.5 Å². The van der Waals surface area contributed by atoms with Crippen LogP contribution in [0.2, 0.25) is 0 Å². The molecule has 2 heterocycles. The maximum atomic E-state index is 12.2.